The number of ether oxygens (including phenoxy) is 3. The number of hydrogen-bond acceptors (Lipinski definition) is 7. The van der Waals surface area contributed by atoms with E-state index in [1.54, 1.807) is 38.1 Å². The minimum atomic E-state index is -1.58. The van der Waals surface area contributed by atoms with E-state index in [0.29, 0.717) is 11.3 Å². The molecule has 0 unspecified atom stereocenters. The Kier molecular flexibility index (Phi) is 6.13. The molecule has 1 aliphatic heterocycles. The lowest BCUT2D eigenvalue weighted by atomic mass is 9.77. The molecule has 7 nitrogen and oxygen atoms in total. The lowest BCUT2D eigenvalue weighted by molar-refractivity contribution is -0.164. The third kappa shape index (κ3) is 3.47. The van der Waals surface area contributed by atoms with Crippen LogP contribution in [0.4, 0.5) is 0 Å². The third-order valence-electron chi connectivity index (χ3n) is 4.34. The number of carbonyl (C=O) groups is 3. The fraction of sp³-hybridized carbons (Fsp3) is 0.474. The molecule has 1 aromatic carbocycles. The molecule has 0 spiro atoms. The zero-order valence-corrected chi connectivity index (χ0v) is 15.4. The molecule has 0 N–H and O–H groups in total. The maximum absolute atomic E-state index is 12.7. The molecule has 1 heterocycles. The van der Waals surface area contributed by atoms with Crippen LogP contribution < -0.4 is 0 Å². The molecule has 2 rings (SSSR count). The van der Waals surface area contributed by atoms with Crippen LogP contribution in [0.25, 0.3) is 0 Å². The summed E-state index contributed by atoms with van der Waals surface area (Å²) < 4.78 is 15.2. The van der Waals surface area contributed by atoms with E-state index < -0.39 is 35.3 Å². The van der Waals surface area contributed by atoms with Gasteiger partial charge >= 0.3 is 17.9 Å². The summed E-state index contributed by atoms with van der Waals surface area (Å²) in [6.45, 7) is 5.05. The van der Waals surface area contributed by atoms with Gasteiger partial charge in [-0.15, -0.1) is 0 Å². The molecule has 1 aliphatic rings. The van der Waals surface area contributed by atoms with Crippen molar-refractivity contribution >= 4 is 23.6 Å². The highest BCUT2D eigenvalue weighted by Crippen LogP contribution is 2.41. The SMILES string of the molecule is CCOC(=O)[C@H]1C(c2ccccc2)=N[C@](C)(C(=O)OC)[C@@H]1C(=O)OCC. The minimum Gasteiger partial charge on any atom is -0.467 e. The first-order valence-corrected chi connectivity index (χ1v) is 8.47. The summed E-state index contributed by atoms with van der Waals surface area (Å²) >= 11 is 0. The second kappa shape index (κ2) is 8.12. The Labute approximate surface area is 152 Å². The van der Waals surface area contributed by atoms with E-state index in [1.807, 2.05) is 6.07 Å². The summed E-state index contributed by atoms with van der Waals surface area (Å²) in [6.07, 6.45) is 0. The van der Waals surface area contributed by atoms with Crippen LogP contribution in [-0.4, -0.2) is 49.5 Å². The second-order valence-electron chi connectivity index (χ2n) is 5.96. The van der Waals surface area contributed by atoms with Crippen molar-refractivity contribution in [1.82, 2.24) is 0 Å². The third-order valence-corrected chi connectivity index (χ3v) is 4.34. The van der Waals surface area contributed by atoms with Gasteiger partial charge in [0, 0.05) is 0 Å². The predicted octanol–water partition coefficient (Wildman–Crippen LogP) is 1.78. The number of hydrogen-bond donors (Lipinski definition) is 0. The Hall–Kier alpha value is -2.70. The van der Waals surface area contributed by atoms with E-state index >= 15 is 0 Å². The van der Waals surface area contributed by atoms with Crippen molar-refractivity contribution in [3.05, 3.63) is 35.9 Å². The van der Waals surface area contributed by atoms with Crippen LogP contribution in [0.5, 0.6) is 0 Å². The van der Waals surface area contributed by atoms with Gasteiger partial charge < -0.3 is 14.2 Å². The molecule has 26 heavy (non-hydrogen) atoms. The molecule has 0 amide bonds. The topological polar surface area (TPSA) is 91.3 Å². The molecule has 0 saturated heterocycles. The largest absolute Gasteiger partial charge is 0.467 e. The van der Waals surface area contributed by atoms with Crippen LogP contribution in [0.15, 0.2) is 35.3 Å². The predicted molar refractivity (Wildman–Crippen MR) is 93.6 cm³/mol. The average Bonchev–Trinajstić information content (AvgIpc) is 2.97. The van der Waals surface area contributed by atoms with Gasteiger partial charge in [-0.25, -0.2) is 4.79 Å². The van der Waals surface area contributed by atoms with Crippen molar-refractivity contribution in [2.24, 2.45) is 16.8 Å². The van der Waals surface area contributed by atoms with Crippen molar-refractivity contribution in [3.63, 3.8) is 0 Å². The maximum atomic E-state index is 12.7. The van der Waals surface area contributed by atoms with Gasteiger partial charge in [-0.05, 0) is 26.3 Å². The Bertz CT molecular complexity index is 714. The van der Waals surface area contributed by atoms with Crippen LogP contribution in [0.1, 0.15) is 26.3 Å². The molecule has 7 heteroatoms. The van der Waals surface area contributed by atoms with Crippen LogP contribution in [0, 0.1) is 11.8 Å². The van der Waals surface area contributed by atoms with Gasteiger partial charge in [-0.1, -0.05) is 30.3 Å². The smallest absolute Gasteiger partial charge is 0.334 e. The van der Waals surface area contributed by atoms with E-state index in [1.165, 1.54) is 14.0 Å². The quantitative estimate of drug-likeness (QED) is 0.567. The molecule has 0 aliphatic carbocycles. The van der Waals surface area contributed by atoms with Crippen molar-refractivity contribution < 1.29 is 28.6 Å². The number of methoxy groups -OCH3 is 1. The zero-order chi connectivity index (χ0) is 19.3. The van der Waals surface area contributed by atoms with Crippen LogP contribution >= 0.6 is 0 Å². The van der Waals surface area contributed by atoms with Gasteiger partial charge in [-0.3, -0.25) is 14.6 Å². The van der Waals surface area contributed by atoms with E-state index in [4.69, 9.17) is 14.2 Å². The first kappa shape index (κ1) is 19.6. The molecule has 0 bridgehead atoms. The molecular formula is C19H23NO6. The van der Waals surface area contributed by atoms with Gasteiger partial charge in [0.25, 0.3) is 0 Å². The monoisotopic (exact) mass is 361 g/mol. The Morgan fingerprint density at radius 3 is 2.15 bits per heavy atom. The van der Waals surface area contributed by atoms with Crippen molar-refractivity contribution in [1.29, 1.82) is 0 Å². The zero-order valence-electron chi connectivity index (χ0n) is 15.4. The Balaban J connectivity index is 2.63. The molecular weight excluding hydrogens is 338 g/mol. The van der Waals surface area contributed by atoms with Crippen LogP contribution in [-0.2, 0) is 28.6 Å². The molecule has 0 aromatic heterocycles. The first-order chi connectivity index (χ1) is 12.4. The number of esters is 3. The van der Waals surface area contributed by atoms with Gasteiger partial charge in [0.1, 0.15) is 11.8 Å². The number of aliphatic imine (C=N–C) groups is 1. The molecule has 3 atom stereocenters. The number of rotatable bonds is 6. The van der Waals surface area contributed by atoms with E-state index in [0.717, 1.165) is 0 Å². The summed E-state index contributed by atoms with van der Waals surface area (Å²) in [5.41, 5.74) is -0.633. The normalized spacial score (nSPS) is 24.5. The average molecular weight is 361 g/mol. The van der Waals surface area contributed by atoms with E-state index in [-0.39, 0.29) is 13.2 Å². The molecule has 0 fully saturated rings. The number of nitrogens with zero attached hydrogens (tertiary/aromatic N) is 1. The fourth-order valence-electron chi connectivity index (χ4n) is 3.18. The summed E-state index contributed by atoms with van der Waals surface area (Å²) in [6, 6.07) is 8.91. The first-order valence-electron chi connectivity index (χ1n) is 8.47. The highest BCUT2D eigenvalue weighted by molar-refractivity contribution is 6.18. The lowest BCUT2D eigenvalue weighted by Gasteiger charge is -2.27. The van der Waals surface area contributed by atoms with Crippen LogP contribution in [0.3, 0.4) is 0 Å². The molecule has 140 valence electrons. The molecule has 0 saturated carbocycles. The Morgan fingerprint density at radius 2 is 1.62 bits per heavy atom. The number of carbonyl (C=O) groups excluding carboxylic acids is 3. The van der Waals surface area contributed by atoms with Gasteiger partial charge in [-0.2, -0.15) is 0 Å². The van der Waals surface area contributed by atoms with Crippen molar-refractivity contribution in [2.75, 3.05) is 20.3 Å². The molecule has 1 aromatic rings. The summed E-state index contributed by atoms with van der Waals surface area (Å²) in [5, 5.41) is 0. The van der Waals surface area contributed by atoms with E-state index in [2.05, 4.69) is 4.99 Å². The van der Waals surface area contributed by atoms with Crippen LogP contribution in [0.2, 0.25) is 0 Å². The number of benzene rings is 1. The summed E-state index contributed by atoms with van der Waals surface area (Å²) in [4.78, 5) is 42.3. The Morgan fingerprint density at radius 1 is 1.04 bits per heavy atom. The minimum absolute atomic E-state index is 0.114. The standard InChI is InChI=1S/C19H23NO6/c1-5-25-16(21)13-14(17(22)26-6-2)19(3,18(23)24-4)20-15(13)12-10-8-7-9-11-12/h7-11,13-14H,5-6H2,1-4H3/t13-,14+,19+/m1/s1. The van der Waals surface area contributed by atoms with Crippen molar-refractivity contribution in [3.8, 4) is 0 Å². The second-order valence-corrected chi connectivity index (χ2v) is 5.96. The van der Waals surface area contributed by atoms with Gasteiger partial charge in [0.05, 0.1) is 26.0 Å². The lowest BCUT2D eigenvalue weighted by Crippen LogP contribution is -2.48. The fourth-order valence-corrected chi connectivity index (χ4v) is 3.18. The highest BCUT2D eigenvalue weighted by atomic mass is 16.5. The maximum Gasteiger partial charge on any atom is 0.334 e. The van der Waals surface area contributed by atoms with Gasteiger partial charge in [0.15, 0.2) is 5.54 Å². The molecule has 0 radical (unpaired) electrons. The highest BCUT2D eigenvalue weighted by Gasteiger charge is 2.60. The van der Waals surface area contributed by atoms with E-state index in [9.17, 15) is 14.4 Å². The van der Waals surface area contributed by atoms with Crippen molar-refractivity contribution in [2.45, 2.75) is 26.3 Å². The summed E-state index contributed by atoms with van der Waals surface area (Å²) in [5.74, 6) is -4.24. The summed E-state index contributed by atoms with van der Waals surface area (Å²) in [7, 11) is 1.21. The van der Waals surface area contributed by atoms with Gasteiger partial charge in [0.2, 0.25) is 0 Å².